The first-order valence-corrected chi connectivity index (χ1v) is 7.20. The molecule has 0 heterocycles. The molecule has 0 spiro atoms. The zero-order chi connectivity index (χ0) is 14.5. The number of carbonyl (C=O) groups is 1. The molecule has 20 heavy (non-hydrogen) atoms. The Morgan fingerprint density at radius 1 is 1.35 bits per heavy atom. The fourth-order valence-electron chi connectivity index (χ4n) is 2.04. The van der Waals surface area contributed by atoms with Gasteiger partial charge in [0.25, 0.3) is 0 Å². The van der Waals surface area contributed by atoms with Gasteiger partial charge < -0.3 is 11.1 Å². The summed E-state index contributed by atoms with van der Waals surface area (Å²) in [7, 11) is 0. The maximum Gasteiger partial charge on any atom is 0.227 e. The zero-order valence-electron chi connectivity index (χ0n) is 11.7. The van der Waals surface area contributed by atoms with Crippen LogP contribution in [0.2, 0.25) is 0 Å². The summed E-state index contributed by atoms with van der Waals surface area (Å²) in [6, 6.07) is 4.58. The molecule has 3 nitrogen and oxygen atoms in total. The van der Waals surface area contributed by atoms with E-state index in [0.29, 0.717) is 30.4 Å². The van der Waals surface area contributed by atoms with E-state index >= 15 is 0 Å². The molecule has 1 aromatic carbocycles. The molecule has 0 saturated heterocycles. The van der Waals surface area contributed by atoms with Gasteiger partial charge in [-0.15, -0.1) is 12.4 Å². The largest absolute Gasteiger partial charge is 0.352 e. The molecule has 0 aliphatic heterocycles. The lowest BCUT2D eigenvalue weighted by Gasteiger charge is -2.28. The Kier molecular flexibility index (Phi) is 8.32. The minimum Gasteiger partial charge on any atom is -0.352 e. The van der Waals surface area contributed by atoms with Gasteiger partial charge in [-0.25, -0.2) is 4.39 Å². The molecule has 0 fully saturated rings. The molecular weight excluding hydrogens is 347 g/mol. The highest BCUT2D eigenvalue weighted by Crippen LogP contribution is 2.25. The van der Waals surface area contributed by atoms with E-state index in [1.54, 1.807) is 6.07 Å². The third-order valence-electron chi connectivity index (χ3n) is 3.60. The van der Waals surface area contributed by atoms with E-state index in [1.807, 2.05) is 13.8 Å². The number of benzene rings is 1. The molecule has 0 aliphatic rings. The van der Waals surface area contributed by atoms with Gasteiger partial charge in [-0.1, -0.05) is 29.8 Å². The van der Waals surface area contributed by atoms with Crippen molar-refractivity contribution >= 4 is 34.2 Å². The number of nitrogens with one attached hydrogen (secondary N) is 1. The molecule has 3 N–H and O–H groups in total. The summed E-state index contributed by atoms with van der Waals surface area (Å²) < 4.78 is 13.9. The minimum atomic E-state index is -0.523. The Morgan fingerprint density at radius 2 is 1.95 bits per heavy atom. The lowest BCUT2D eigenvalue weighted by Crippen LogP contribution is -2.45. The van der Waals surface area contributed by atoms with Gasteiger partial charge in [-0.05, 0) is 36.6 Å². The maximum atomic E-state index is 13.2. The first kappa shape index (κ1) is 19.4. The summed E-state index contributed by atoms with van der Waals surface area (Å²) in [5, 5.41) is 2.84. The molecule has 6 heteroatoms. The highest BCUT2D eigenvalue weighted by Gasteiger charge is 2.32. The van der Waals surface area contributed by atoms with Gasteiger partial charge in [0.05, 0.1) is 5.41 Å². The van der Waals surface area contributed by atoms with Crippen LogP contribution in [-0.2, 0) is 11.3 Å². The second-order valence-corrected chi connectivity index (χ2v) is 5.57. The predicted octanol–water partition coefficient (Wildman–Crippen LogP) is 3.39. The summed E-state index contributed by atoms with van der Waals surface area (Å²) in [6.07, 6.45) is 1.39. The SMILES string of the molecule is CCC(CC)(CN)C(=O)NCc1cc(F)cc(Br)c1.Cl. The van der Waals surface area contributed by atoms with Crippen molar-refractivity contribution in [3.8, 4) is 0 Å². The van der Waals surface area contributed by atoms with Crippen LogP contribution in [-0.4, -0.2) is 12.5 Å². The lowest BCUT2D eigenvalue weighted by atomic mass is 9.81. The van der Waals surface area contributed by atoms with Crippen LogP contribution >= 0.6 is 28.3 Å². The number of carbonyl (C=O) groups excluding carboxylic acids is 1. The van der Waals surface area contributed by atoms with Gasteiger partial charge in [-0.2, -0.15) is 0 Å². The van der Waals surface area contributed by atoms with Crippen LogP contribution in [0.1, 0.15) is 32.3 Å². The molecule has 114 valence electrons. The normalized spacial score (nSPS) is 10.8. The van der Waals surface area contributed by atoms with Crippen molar-refractivity contribution in [2.45, 2.75) is 33.2 Å². The van der Waals surface area contributed by atoms with Crippen molar-refractivity contribution in [3.63, 3.8) is 0 Å². The monoisotopic (exact) mass is 366 g/mol. The molecule has 0 unspecified atom stereocenters. The van der Waals surface area contributed by atoms with Gasteiger partial charge >= 0.3 is 0 Å². The molecule has 1 aromatic rings. The van der Waals surface area contributed by atoms with Crippen molar-refractivity contribution in [1.82, 2.24) is 5.32 Å². The molecule has 0 atom stereocenters. The fraction of sp³-hybridized carbons (Fsp3) is 0.500. The molecule has 1 amide bonds. The van der Waals surface area contributed by atoms with Crippen molar-refractivity contribution in [1.29, 1.82) is 0 Å². The summed E-state index contributed by atoms with van der Waals surface area (Å²) >= 11 is 3.23. The number of nitrogens with two attached hydrogens (primary N) is 1. The van der Waals surface area contributed by atoms with Crippen LogP contribution in [0.5, 0.6) is 0 Å². The summed E-state index contributed by atoms with van der Waals surface area (Å²) in [4.78, 5) is 12.2. The number of halogens is 3. The Labute approximate surface area is 134 Å². The summed E-state index contributed by atoms with van der Waals surface area (Å²) in [5.74, 6) is -0.393. The Hall–Kier alpha value is -0.650. The first-order chi connectivity index (χ1) is 8.97. The van der Waals surface area contributed by atoms with E-state index < -0.39 is 5.41 Å². The van der Waals surface area contributed by atoms with Crippen LogP contribution in [0.3, 0.4) is 0 Å². The quantitative estimate of drug-likeness (QED) is 0.810. The molecule has 1 rings (SSSR count). The lowest BCUT2D eigenvalue weighted by molar-refractivity contribution is -0.131. The molecule has 0 aromatic heterocycles. The van der Waals surface area contributed by atoms with E-state index in [0.717, 1.165) is 5.56 Å². The van der Waals surface area contributed by atoms with Crippen molar-refractivity contribution in [2.24, 2.45) is 11.1 Å². The van der Waals surface area contributed by atoms with Crippen LogP contribution in [0.4, 0.5) is 4.39 Å². The van der Waals surface area contributed by atoms with E-state index in [1.165, 1.54) is 12.1 Å². The van der Waals surface area contributed by atoms with Gasteiger partial charge in [0, 0.05) is 17.6 Å². The second-order valence-electron chi connectivity index (χ2n) is 4.65. The van der Waals surface area contributed by atoms with E-state index in [2.05, 4.69) is 21.2 Å². The number of rotatable bonds is 6. The van der Waals surface area contributed by atoms with Gasteiger partial charge in [0.1, 0.15) is 5.82 Å². The van der Waals surface area contributed by atoms with E-state index in [4.69, 9.17) is 5.73 Å². The van der Waals surface area contributed by atoms with Crippen molar-refractivity contribution in [2.75, 3.05) is 6.54 Å². The molecule has 0 aliphatic carbocycles. The minimum absolute atomic E-state index is 0. The van der Waals surface area contributed by atoms with E-state index in [-0.39, 0.29) is 24.1 Å². The highest BCUT2D eigenvalue weighted by atomic mass is 79.9. The first-order valence-electron chi connectivity index (χ1n) is 6.40. The number of amides is 1. The third kappa shape index (κ3) is 4.72. The Bertz CT molecular complexity index is 424. The molecular formula is C14H21BrClFN2O. The van der Waals surface area contributed by atoms with Gasteiger partial charge in [-0.3, -0.25) is 4.79 Å². The zero-order valence-corrected chi connectivity index (χ0v) is 14.1. The van der Waals surface area contributed by atoms with Crippen LogP contribution in [0.25, 0.3) is 0 Å². The third-order valence-corrected chi connectivity index (χ3v) is 4.06. The standard InChI is InChI=1S/C14H20BrFN2O.ClH/c1-3-14(4-2,9-17)13(19)18-8-10-5-11(15)7-12(16)6-10;/h5-7H,3-4,8-9,17H2,1-2H3,(H,18,19);1H. The smallest absolute Gasteiger partial charge is 0.227 e. The van der Waals surface area contributed by atoms with Crippen LogP contribution in [0, 0.1) is 11.2 Å². The highest BCUT2D eigenvalue weighted by molar-refractivity contribution is 9.10. The maximum absolute atomic E-state index is 13.2. The fourth-order valence-corrected chi connectivity index (χ4v) is 2.55. The van der Waals surface area contributed by atoms with Crippen molar-refractivity contribution < 1.29 is 9.18 Å². The second kappa shape index (κ2) is 8.60. The summed E-state index contributed by atoms with van der Waals surface area (Å²) in [6.45, 7) is 4.53. The molecule has 0 radical (unpaired) electrons. The average Bonchev–Trinajstić information content (AvgIpc) is 2.38. The predicted molar refractivity (Wildman–Crippen MR) is 85.3 cm³/mol. The molecule has 0 saturated carbocycles. The van der Waals surface area contributed by atoms with Crippen molar-refractivity contribution in [3.05, 3.63) is 34.1 Å². The van der Waals surface area contributed by atoms with Crippen LogP contribution in [0.15, 0.2) is 22.7 Å². The Morgan fingerprint density at radius 3 is 2.40 bits per heavy atom. The van der Waals surface area contributed by atoms with Gasteiger partial charge in [0.15, 0.2) is 0 Å². The number of hydrogen-bond acceptors (Lipinski definition) is 2. The average molecular weight is 368 g/mol. The van der Waals surface area contributed by atoms with Crippen LogP contribution < -0.4 is 11.1 Å². The number of hydrogen-bond donors (Lipinski definition) is 2. The van der Waals surface area contributed by atoms with E-state index in [9.17, 15) is 9.18 Å². The summed E-state index contributed by atoms with van der Waals surface area (Å²) in [5.41, 5.74) is 5.92. The molecule has 0 bridgehead atoms. The Balaban J connectivity index is 0.00000361. The topological polar surface area (TPSA) is 55.1 Å². The van der Waals surface area contributed by atoms with Gasteiger partial charge in [0.2, 0.25) is 5.91 Å².